The SMILES string of the molecule is C=O.CC.COC.Cc1ccc(N2CCOCC2)cc1-n1nc(-c2cc(Br)cc(-c3ccn[nH]3)c2)c2ccccc2c1=O. The minimum Gasteiger partial charge on any atom is -0.388 e. The van der Waals surface area contributed by atoms with Gasteiger partial charge in [-0.05, 0) is 55.0 Å². The minimum absolute atomic E-state index is 0.139. The first-order valence-electron chi connectivity index (χ1n) is 14.0. The van der Waals surface area contributed by atoms with Crippen molar-refractivity contribution in [3.8, 4) is 28.2 Å². The first-order valence-corrected chi connectivity index (χ1v) is 14.7. The zero-order chi connectivity index (χ0) is 31.4. The third kappa shape index (κ3) is 7.84. The third-order valence-corrected chi connectivity index (χ3v) is 7.04. The van der Waals surface area contributed by atoms with Crippen LogP contribution >= 0.6 is 15.9 Å². The number of aromatic amines is 1. The van der Waals surface area contributed by atoms with Crippen LogP contribution in [0.15, 0.2) is 82.2 Å². The van der Waals surface area contributed by atoms with Crippen molar-refractivity contribution in [2.24, 2.45) is 0 Å². The molecule has 0 spiro atoms. The molecule has 0 aliphatic carbocycles. The first kappa shape index (κ1) is 33.4. The van der Waals surface area contributed by atoms with E-state index < -0.39 is 0 Å². The number of morpholine rings is 1. The number of hydrogen-bond donors (Lipinski definition) is 1. The number of methoxy groups -OCH3 is 1. The van der Waals surface area contributed by atoms with E-state index in [1.54, 1.807) is 25.1 Å². The summed E-state index contributed by atoms with van der Waals surface area (Å²) in [5, 5.41) is 13.5. The van der Waals surface area contributed by atoms with Gasteiger partial charge in [0.25, 0.3) is 5.56 Å². The van der Waals surface area contributed by atoms with Gasteiger partial charge in [0.15, 0.2) is 0 Å². The molecule has 0 unspecified atom stereocenters. The van der Waals surface area contributed by atoms with Crippen molar-refractivity contribution in [3.05, 3.63) is 93.3 Å². The number of H-pyrrole nitrogens is 1. The second kappa shape index (κ2) is 16.5. The lowest BCUT2D eigenvalue weighted by molar-refractivity contribution is -0.0980. The van der Waals surface area contributed by atoms with Crippen LogP contribution in [-0.4, -0.2) is 67.3 Å². The van der Waals surface area contributed by atoms with Crippen LogP contribution in [0.25, 0.3) is 39.0 Å². The molecule has 1 saturated heterocycles. The average molecular weight is 649 g/mol. The summed E-state index contributed by atoms with van der Waals surface area (Å²) in [6.45, 7) is 11.0. The Labute approximate surface area is 260 Å². The number of benzene rings is 3. The van der Waals surface area contributed by atoms with E-state index in [0.29, 0.717) is 18.6 Å². The molecule has 0 radical (unpaired) electrons. The van der Waals surface area contributed by atoms with Crippen LogP contribution in [0.1, 0.15) is 19.4 Å². The van der Waals surface area contributed by atoms with E-state index in [2.05, 4.69) is 60.0 Å². The molecule has 3 aromatic carbocycles. The van der Waals surface area contributed by atoms with Gasteiger partial charge in [-0.15, -0.1) is 0 Å². The summed E-state index contributed by atoms with van der Waals surface area (Å²) < 4.78 is 12.2. The summed E-state index contributed by atoms with van der Waals surface area (Å²) in [7, 11) is 3.25. The molecule has 0 atom stereocenters. The number of nitrogens with zero attached hydrogens (tertiary/aromatic N) is 4. The standard InChI is InChI=1S/C28H24BrN5O2.C2H6O.C2H6.CH2O/c1-18-6-7-22(33-10-12-36-13-11-33)17-26(18)34-28(35)24-5-3-2-4-23(24)27(32-34)20-14-19(15-21(29)16-20)25-8-9-30-31-25;1-3-2;2*1-2/h2-9,14-17H,10-13H2,1H3,(H,30,31);1-2H3;1-2H3;1H2. The molecule has 43 heavy (non-hydrogen) atoms. The Balaban J connectivity index is 0.000000670. The predicted octanol–water partition coefficient (Wildman–Crippen LogP) is 6.45. The van der Waals surface area contributed by atoms with Crippen LogP contribution in [0, 0.1) is 6.92 Å². The highest BCUT2D eigenvalue weighted by Gasteiger charge is 2.18. The molecule has 0 saturated carbocycles. The molecule has 0 bridgehead atoms. The number of rotatable bonds is 4. The molecule has 1 fully saturated rings. The second-order valence-electron chi connectivity index (χ2n) is 9.29. The maximum atomic E-state index is 13.7. The zero-order valence-corrected chi connectivity index (χ0v) is 26.8. The smallest absolute Gasteiger partial charge is 0.279 e. The van der Waals surface area contributed by atoms with Gasteiger partial charge in [0.05, 0.1) is 35.7 Å². The molecule has 1 aliphatic heterocycles. The number of halogens is 1. The quantitative estimate of drug-likeness (QED) is 0.239. The Morgan fingerprint density at radius 1 is 0.930 bits per heavy atom. The summed E-state index contributed by atoms with van der Waals surface area (Å²) >= 11 is 3.66. The fourth-order valence-electron chi connectivity index (χ4n) is 4.71. The number of nitrogens with one attached hydrogen (secondary N) is 1. The highest BCUT2D eigenvalue weighted by molar-refractivity contribution is 9.10. The van der Waals surface area contributed by atoms with E-state index in [1.807, 2.05) is 70.0 Å². The molecule has 6 rings (SSSR count). The number of carbonyl (C=O) groups excluding carboxylic acids is 1. The van der Waals surface area contributed by atoms with Crippen molar-refractivity contribution in [2.75, 3.05) is 45.4 Å². The fourth-order valence-corrected chi connectivity index (χ4v) is 5.20. The van der Waals surface area contributed by atoms with Crippen molar-refractivity contribution in [1.82, 2.24) is 20.0 Å². The Morgan fingerprint density at radius 3 is 2.23 bits per heavy atom. The van der Waals surface area contributed by atoms with E-state index in [1.165, 1.54) is 0 Å². The normalized spacial score (nSPS) is 12.3. The van der Waals surface area contributed by atoms with E-state index in [9.17, 15) is 4.79 Å². The van der Waals surface area contributed by atoms with Gasteiger partial charge in [-0.2, -0.15) is 14.9 Å². The largest absolute Gasteiger partial charge is 0.388 e. The lowest BCUT2D eigenvalue weighted by Gasteiger charge is -2.29. The topological polar surface area (TPSA) is 102 Å². The second-order valence-corrected chi connectivity index (χ2v) is 10.2. The van der Waals surface area contributed by atoms with E-state index >= 15 is 0 Å². The minimum atomic E-state index is -0.139. The summed E-state index contributed by atoms with van der Waals surface area (Å²) in [6.07, 6.45) is 1.73. The Bertz CT molecular complexity index is 1660. The zero-order valence-electron chi connectivity index (χ0n) is 25.3. The van der Waals surface area contributed by atoms with Crippen LogP contribution < -0.4 is 10.5 Å². The van der Waals surface area contributed by atoms with Gasteiger partial charge in [-0.3, -0.25) is 9.89 Å². The molecule has 9 nitrogen and oxygen atoms in total. The molecule has 1 N–H and O–H groups in total. The van der Waals surface area contributed by atoms with E-state index in [0.717, 1.165) is 62.4 Å². The van der Waals surface area contributed by atoms with Gasteiger partial charge >= 0.3 is 0 Å². The molecule has 5 aromatic rings. The number of carbonyl (C=O) groups is 1. The monoisotopic (exact) mass is 647 g/mol. The van der Waals surface area contributed by atoms with Crippen molar-refractivity contribution < 1.29 is 14.3 Å². The van der Waals surface area contributed by atoms with Gasteiger partial charge in [0.2, 0.25) is 0 Å². The number of fused-ring (bicyclic) bond motifs is 1. The van der Waals surface area contributed by atoms with Crippen LogP contribution in [0.5, 0.6) is 0 Å². The van der Waals surface area contributed by atoms with Crippen molar-refractivity contribution >= 4 is 39.2 Å². The molecule has 10 heteroatoms. The predicted molar refractivity (Wildman–Crippen MR) is 177 cm³/mol. The highest BCUT2D eigenvalue weighted by atomic mass is 79.9. The molecular formula is C33H38BrN5O4. The Morgan fingerprint density at radius 2 is 1.58 bits per heavy atom. The van der Waals surface area contributed by atoms with Crippen LogP contribution in [0.3, 0.4) is 0 Å². The highest BCUT2D eigenvalue weighted by Crippen LogP contribution is 2.32. The van der Waals surface area contributed by atoms with Crippen LogP contribution in [0.2, 0.25) is 0 Å². The molecule has 0 amide bonds. The molecular weight excluding hydrogens is 610 g/mol. The molecule has 3 heterocycles. The number of aromatic nitrogens is 4. The Hall–Kier alpha value is -4.12. The van der Waals surface area contributed by atoms with Crippen molar-refractivity contribution in [3.63, 3.8) is 0 Å². The maximum absolute atomic E-state index is 13.7. The number of aryl methyl sites for hydroxylation is 1. The summed E-state index contributed by atoms with van der Waals surface area (Å²) in [5.74, 6) is 0. The lowest BCUT2D eigenvalue weighted by Crippen LogP contribution is -2.36. The first-order chi connectivity index (χ1) is 21.0. The van der Waals surface area contributed by atoms with Crippen LogP contribution in [-0.2, 0) is 14.3 Å². The van der Waals surface area contributed by atoms with Gasteiger partial charge in [0, 0.05) is 60.2 Å². The molecule has 2 aromatic heterocycles. The number of hydrogen-bond acceptors (Lipinski definition) is 7. The number of ether oxygens (including phenoxy) is 2. The number of anilines is 1. The van der Waals surface area contributed by atoms with E-state index in [4.69, 9.17) is 14.6 Å². The lowest BCUT2D eigenvalue weighted by atomic mass is 10.0. The van der Waals surface area contributed by atoms with Gasteiger partial charge < -0.3 is 19.2 Å². The molecule has 226 valence electrons. The van der Waals surface area contributed by atoms with Gasteiger partial charge in [0.1, 0.15) is 6.79 Å². The van der Waals surface area contributed by atoms with Gasteiger partial charge in [-0.25, -0.2) is 0 Å². The molecule has 1 aliphatic rings. The van der Waals surface area contributed by atoms with Crippen LogP contribution in [0.4, 0.5) is 5.69 Å². The summed E-state index contributed by atoms with van der Waals surface area (Å²) in [4.78, 5) is 24.0. The van der Waals surface area contributed by atoms with Gasteiger partial charge in [-0.1, -0.05) is 54.0 Å². The maximum Gasteiger partial charge on any atom is 0.279 e. The van der Waals surface area contributed by atoms with Crippen molar-refractivity contribution in [1.29, 1.82) is 0 Å². The summed E-state index contributed by atoms with van der Waals surface area (Å²) in [5.41, 5.74) is 6.21. The fraction of sp³-hybridized carbons (Fsp3) is 0.273. The Kier molecular flexibility index (Phi) is 12.8. The third-order valence-electron chi connectivity index (χ3n) is 6.59. The van der Waals surface area contributed by atoms with Crippen molar-refractivity contribution in [2.45, 2.75) is 20.8 Å². The summed E-state index contributed by atoms with van der Waals surface area (Å²) in [6, 6.07) is 21.9. The average Bonchev–Trinajstić information content (AvgIpc) is 3.60. The van der Waals surface area contributed by atoms with E-state index in [-0.39, 0.29) is 5.56 Å².